The average Bonchev–Trinajstić information content (AvgIpc) is 3.41. The number of hydrogen-bond donors (Lipinski definition) is 1. The lowest BCUT2D eigenvalue weighted by molar-refractivity contribution is -0.113. The third-order valence-corrected chi connectivity index (χ3v) is 5.65. The van der Waals surface area contributed by atoms with Crippen LogP contribution >= 0.6 is 11.8 Å². The first-order chi connectivity index (χ1) is 15.2. The third-order valence-electron chi connectivity index (χ3n) is 4.73. The van der Waals surface area contributed by atoms with Gasteiger partial charge in [-0.1, -0.05) is 49.4 Å². The second-order valence-corrected chi connectivity index (χ2v) is 7.84. The van der Waals surface area contributed by atoms with E-state index < -0.39 is 0 Å². The van der Waals surface area contributed by atoms with E-state index in [-0.39, 0.29) is 17.4 Å². The van der Waals surface area contributed by atoms with Crippen LogP contribution in [0, 0.1) is 11.3 Å². The summed E-state index contributed by atoms with van der Waals surface area (Å²) in [4.78, 5) is 12.5. The number of carbonyl (C=O) groups excluding carboxylic acids is 1. The minimum atomic E-state index is -0.280. The summed E-state index contributed by atoms with van der Waals surface area (Å²) in [5, 5.41) is 25.1. The highest BCUT2D eigenvalue weighted by Gasteiger charge is 2.17. The average molecular weight is 433 g/mol. The van der Waals surface area contributed by atoms with Crippen LogP contribution in [0.1, 0.15) is 31.1 Å². The minimum Gasteiger partial charge on any atom is -0.443 e. The van der Waals surface area contributed by atoms with Gasteiger partial charge in [-0.05, 0) is 53.1 Å². The predicted octanol–water partition coefficient (Wildman–Crippen LogP) is 4.35. The number of hydrogen-bond acceptors (Lipinski definition) is 7. The van der Waals surface area contributed by atoms with Crippen LogP contribution in [0.3, 0.4) is 0 Å². The Labute approximate surface area is 183 Å². The van der Waals surface area contributed by atoms with E-state index in [0.717, 1.165) is 24.9 Å². The van der Waals surface area contributed by atoms with Crippen LogP contribution in [0.2, 0.25) is 0 Å². The number of para-hydroxylation sites is 1. The molecule has 4 rings (SSSR count). The highest BCUT2D eigenvalue weighted by molar-refractivity contribution is 7.99. The Hall–Kier alpha value is -3.64. The van der Waals surface area contributed by atoms with E-state index in [1.54, 1.807) is 16.8 Å². The number of tetrazole rings is 1. The van der Waals surface area contributed by atoms with Crippen LogP contribution in [0.5, 0.6) is 0 Å². The second-order valence-electron chi connectivity index (χ2n) is 6.89. The van der Waals surface area contributed by atoms with Crippen molar-refractivity contribution in [3.8, 4) is 11.8 Å². The fraction of sp³-hybridized carbons (Fsp3) is 0.227. The van der Waals surface area contributed by atoms with Gasteiger partial charge in [0.25, 0.3) is 0 Å². The number of carbonyl (C=O) groups is 1. The van der Waals surface area contributed by atoms with Gasteiger partial charge in [0.05, 0.1) is 11.4 Å². The lowest BCUT2D eigenvalue weighted by Gasteiger charge is -2.06. The van der Waals surface area contributed by atoms with Gasteiger partial charge in [0.2, 0.25) is 16.8 Å². The standard InChI is InChI=1S/C22H20N6O2S/c1-2-3-6-15-9-11-16(12-10-15)28-22(25-26-27-28)31-14-20(29)24-21-17-7-4-5-8-18(17)30-19(21)13-23/h4-5,7-12H,2-3,6,14H2,1H3,(H,24,29). The molecule has 0 aliphatic heterocycles. The predicted molar refractivity (Wildman–Crippen MR) is 118 cm³/mol. The quantitative estimate of drug-likeness (QED) is 0.412. The Bertz CT molecular complexity index is 1240. The van der Waals surface area contributed by atoms with Crippen molar-refractivity contribution in [1.29, 1.82) is 5.26 Å². The van der Waals surface area contributed by atoms with Crippen molar-refractivity contribution in [2.45, 2.75) is 31.3 Å². The van der Waals surface area contributed by atoms with Crippen LogP contribution in [-0.4, -0.2) is 31.9 Å². The number of nitrogens with zero attached hydrogens (tertiary/aromatic N) is 5. The zero-order chi connectivity index (χ0) is 21.6. The van der Waals surface area contributed by atoms with Gasteiger partial charge in [0.1, 0.15) is 17.3 Å². The van der Waals surface area contributed by atoms with Gasteiger partial charge >= 0.3 is 0 Å². The van der Waals surface area contributed by atoms with E-state index in [4.69, 9.17) is 4.42 Å². The molecule has 2 aromatic carbocycles. The molecule has 0 fully saturated rings. The SMILES string of the molecule is CCCCc1ccc(-n2nnnc2SCC(=O)Nc2c(C#N)oc3ccccc23)cc1. The number of unbranched alkanes of at least 4 members (excludes halogenated alkanes) is 1. The topological polar surface area (TPSA) is 110 Å². The van der Waals surface area contributed by atoms with Gasteiger partial charge in [-0.25, -0.2) is 0 Å². The molecular formula is C22H20N6O2S. The molecule has 1 amide bonds. The molecule has 1 N–H and O–H groups in total. The first-order valence-electron chi connectivity index (χ1n) is 9.91. The summed E-state index contributed by atoms with van der Waals surface area (Å²) < 4.78 is 7.10. The number of furan rings is 1. The van der Waals surface area contributed by atoms with Gasteiger partial charge in [-0.3, -0.25) is 4.79 Å². The van der Waals surface area contributed by atoms with Crippen molar-refractivity contribution in [2.24, 2.45) is 0 Å². The highest BCUT2D eigenvalue weighted by Crippen LogP contribution is 2.30. The minimum absolute atomic E-state index is 0.0764. The van der Waals surface area contributed by atoms with Crippen molar-refractivity contribution >= 4 is 34.3 Å². The van der Waals surface area contributed by atoms with Crippen LogP contribution < -0.4 is 5.32 Å². The van der Waals surface area contributed by atoms with Crippen molar-refractivity contribution in [2.75, 3.05) is 11.1 Å². The number of rotatable bonds is 8. The second kappa shape index (κ2) is 9.45. The lowest BCUT2D eigenvalue weighted by Crippen LogP contribution is -2.15. The van der Waals surface area contributed by atoms with E-state index in [2.05, 4.69) is 39.9 Å². The summed E-state index contributed by atoms with van der Waals surface area (Å²) in [6.07, 6.45) is 3.35. The Morgan fingerprint density at radius 3 is 2.81 bits per heavy atom. The van der Waals surface area contributed by atoms with Crippen LogP contribution in [0.15, 0.2) is 58.1 Å². The number of nitriles is 1. The molecule has 8 nitrogen and oxygen atoms in total. The van der Waals surface area contributed by atoms with E-state index in [1.807, 2.05) is 30.3 Å². The molecule has 0 unspecified atom stereocenters. The van der Waals surface area contributed by atoms with Crippen molar-refractivity contribution in [1.82, 2.24) is 20.2 Å². The maximum atomic E-state index is 12.5. The molecule has 156 valence electrons. The smallest absolute Gasteiger partial charge is 0.234 e. The molecular weight excluding hydrogens is 412 g/mol. The van der Waals surface area contributed by atoms with Gasteiger partial charge in [0.15, 0.2) is 0 Å². The summed E-state index contributed by atoms with van der Waals surface area (Å²) in [5.74, 6) is -0.121. The molecule has 0 spiro atoms. The molecule has 0 bridgehead atoms. The number of anilines is 1. The highest BCUT2D eigenvalue weighted by atomic mass is 32.2. The Morgan fingerprint density at radius 2 is 2.03 bits per heavy atom. The molecule has 0 aliphatic rings. The number of fused-ring (bicyclic) bond motifs is 1. The zero-order valence-electron chi connectivity index (χ0n) is 16.9. The summed E-state index contributed by atoms with van der Waals surface area (Å²) in [6, 6.07) is 17.3. The summed E-state index contributed by atoms with van der Waals surface area (Å²) in [7, 11) is 0. The number of aryl methyl sites for hydroxylation is 1. The largest absolute Gasteiger partial charge is 0.443 e. The molecule has 0 radical (unpaired) electrons. The number of thioether (sulfide) groups is 1. The monoisotopic (exact) mass is 432 g/mol. The normalized spacial score (nSPS) is 10.8. The van der Waals surface area contributed by atoms with E-state index >= 15 is 0 Å². The number of benzene rings is 2. The Balaban J connectivity index is 1.44. The van der Waals surface area contributed by atoms with Gasteiger partial charge in [-0.15, -0.1) is 5.10 Å². The molecule has 2 heterocycles. The zero-order valence-corrected chi connectivity index (χ0v) is 17.7. The fourth-order valence-electron chi connectivity index (χ4n) is 3.17. The van der Waals surface area contributed by atoms with Crippen LogP contribution in [0.25, 0.3) is 16.7 Å². The molecule has 0 atom stereocenters. The van der Waals surface area contributed by atoms with Crippen molar-refractivity contribution in [3.63, 3.8) is 0 Å². The lowest BCUT2D eigenvalue weighted by atomic mass is 10.1. The molecule has 0 saturated heterocycles. The van der Waals surface area contributed by atoms with Gasteiger partial charge in [0, 0.05) is 5.39 Å². The molecule has 2 aromatic heterocycles. The summed E-state index contributed by atoms with van der Waals surface area (Å²) in [6.45, 7) is 2.17. The third kappa shape index (κ3) is 4.59. The van der Waals surface area contributed by atoms with Crippen LogP contribution in [-0.2, 0) is 11.2 Å². The molecule has 9 heteroatoms. The molecule has 31 heavy (non-hydrogen) atoms. The van der Waals surface area contributed by atoms with Crippen molar-refractivity contribution < 1.29 is 9.21 Å². The van der Waals surface area contributed by atoms with Gasteiger partial charge in [-0.2, -0.15) is 9.94 Å². The first kappa shape index (κ1) is 20.6. The number of amides is 1. The Kier molecular flexibility index (Phi) is 6.29. The van der Waals surface area contributed by atoms with E-state index in [9.17, 15) is 10.1 Å². The first-order valence-corrected chi connectivity index (χ1v) is 10.9. The van der Waals surface area contributed by atoms with E-state index in [0.29, 0.717) is 21.8 Å². The number of aromatic nitrogens is 4. The summed E-state index contributed by atoms with van der Waals surface area (Å²) >= 11 is 1.22. The molecule has 4 aromatic rings. The molecule has 0 aliphatic carbocycles. The summed E-state index contributed by atoms with van der Waals surface area (Å²) in [5.41, 5.74) is 3.04. The number of nitrogens with one attached hydrogen (secondary N) is 1. The van der Waals surface area contributed by atoms with E-state index in [1.165, 1.54) is 17.3 Å². The Morgan fingerprint density at radius 1 is 1.23 bits per heavy atom. The molecule has 0 saturated carbocycles. The van der Waals surface area contributed by atoms with Crippen molar-refractivity contribution in [3.05, 3.63) is 59.9 Å². The van der Waals surface area contributed by atoms with Crippen LogP contribution in [0.4, 0.5) is 5.69 Å². The van der Waals surface area contributed by atoms with Gasteiger partial charge < -0.3 is 9.73 Å². The maximum absolute atomic E-state index is 12.5. The fourth-order valence-corrected chi connectivity index (χ4v) is 3.86. The maximum Gasteiger partial charge on any atom is 0.234 e.